The first-order valence-corrected chi connectivity index (χ1v) is 10.6. The fourth-order valence-corrected chi connectivity index (χ4v) is 3.84. The summed E-state index contributed by atoms with van der Waals surface area (Å²) >= 11 is 12.1. The Hall–Kier alpha value is -3.08. The van der Waals surface area contributed by atoms with Gasteiger partial charge >= 0.3 is 5.97 Å². The van der Waals surface area contributed by atoms with Crippen LogP contribution in [0.3, 0.4) is 0 Å². The lowest BCUT2D eigenvalue weighted by atomic mass is 10.0. The normalized spacial score (nSPS) is 13.6. The first-order chi connectivity index (χ1) is 15.0. The quantitative estimate of drug-likeness (QED) is 0.502. The summed E-state index contributed by atoms with van der Waals surface area (Å²) in [6.45, 7) is 2.10. The van der Waals surface area contributed by atoms with E-state index in [1.54, 1.807) is 18.2 Å². The van der Waals surface area contributed by atoms with Crippen molar-refractivity contribution in [3.05, 3.63) is 105 Å². The van der Waals surface area contributed by atoms with Crippen molar-refractivity contribution in [2.45, 2.75) is 6.54 Å². The van der Waals surface area contributed by atoms with Gasteiger partial charge in [0.25, 0.3) is 0 Å². The lowest BCUT2D eigenvalue weighted by Crippen LogP contribution is -2.25. The first kappa shape index (κ1) is 21.2. The SMILES string of the molecule is O=C(O)c1ccc(CN2CCN=C(/C=C/c3ccc(Cl)c(Cl)c3)c3ccccc32)cc1. The summed E-state index contributed by atoms with van der Waals surface area (Å²) in [5, 5.41) is 10.2. The van der Waals surface area contributed by atoms with Gasteiger partial charge in [0.15, 0.2) is 0 Å². The molecule has 31 heavy (non-hydrogen) atoms. The molecule has 0 aromatic heterocycles. The molecule has 0 radical (unpaired) electrons. The van der Waals surface area contributed by atoms with E-state index in [-0.39, 0.29) is 5.56 Å². The number of hydrogen-bond donors (Lipinski definition) is 1. The number of carbonyl (C=O) groups is 1. The second-order valence-electron chi connectivity index (χ2n) is 7.21. The molecule has 0 saturated heterocycles. The number of benzodiazepines with no additional fused rings is 1. The number of carboxylic acid groups (broad SMARTS) is 1. The molecule has 0 aliphatic carbocycles. The molecule has 3 aromatic rings. The number of benzene rings is 3. The second kappa shape index (κ2) is 9.38. The maximum atomic E-state index is 11.1. The minimum atomic E-state index is -0.918. The van der Waals surface area contributed by atoms with Crippen LogP contribution in [0.1, 0.15) is 27.0 Å². The zero-order valence-corrected chi connectivity index (χ0v) is 18.1. The van der Waals surface area contributed by atoms with Crippen LogP contribution in [0.5, 0.6) is 0 Å². The van der Waals surface area contributed by atoms with Gasteiger partial charge in [-0.15, -0.1) is 0 Å². The highest BCUT2D eigenvalue weighted by atomic mass is 35.5. The van der Waals surface area contributed by atoms with E-state index in [2.05, 4.69) is 17.0 Å². The number of aromatic carboxylic acids is 1. The summed E-state index contributed by atoms with van der Waals surface area (Å²) in [5.74, 6) is -0.918. The number of halogens is 2. The van der Waals surface area contributed by atoms with Crippen LogP contribution in [0, 0.1) is 0 Å². The fraction of sp³-hybridized carbons (Fsp3) is 0.120. The van der Waals surface area contributed by atoms with Crippen molar-refractivity contribution in [3.8, 4) is 0 Å². The van der Waals surface area contributed by atoms with Gasteiger partial charge in [-0.1, -0.05) is 65.7 Å². The largest absolute Gasteiger partial charge is 0.478 e. The Bertz CT molecular complexity index is 1170. The highest BCUT2D eigenvalue weighted by molar-refractivity contribution is 6.42. The summed E-state index contributed by atoms with van der Waals surface area (Å²) < 4.78 is 0. The Morgan fingerprint density at radius 1 is 1.00 bits per heavy atom. The second-order valence-corrected chi connectivity index (χ2v) is 8.03. The molecule has 0 unspecified atom stereocenters. The van der Waals surface area contributed by atoms with Gasteiger partial charge in [0.05, 0.1) is 27.9 Å². The third-order valence-electron chi connectivity index (χ3n) is 5.12. The van der Waals surface area contributed by atoms with Crippen molar-refractivity contribution in [2.75, 3.05) is 18.0 Å². The molecule has 0 saturated carbocycles. The minimum absolute atomic E-state index is 0.290. The van der Waals surface area contributed by atoms with Gasteiger partial charge in [0.2, 0.25) is 0 Å². The molecule has 0 fully saturated rings. The molecular weight excluding hydrogens is 431 g/mol. The Morgan fingerprint density at radius 2 is 1.77 bits per heavy atom. The minimum Gasteiger partial charge on any atom is -0.478 e. The van der Waals surface area contributed by atoms with Gasteiger partial charge in [0.1, 0.15) is 0 Å². The molecule has 4 nitrogen and oxygen atoms in total. The van der Waals surface area contributed by atoms with Crippen LogP contribution in [0.2, 0.25) is 10.0 Å². The van der Waals surface area contributed by atoms with Gasteiger partial charge in [-0.05, 0) is 47.5 Å². The van der Waals surface area contributed by atoms with Crippen molar-refractivity contribution >= 4 is 46.6 Å². The number of anilines is 1. The number of carboxylic acids is 1. The fourth-order valence-electron chi connectivity index (χ4n) is 3.53. The van der Waals surface area contributed by atoms with Crippen LogP contribution in [-0.2, 0) is 6.54 Å². The van der Waals surface area contributed by atoms with Crippen molar-refractivity contribution in [2.24, 2.45) is 4.99 Å². The van der Waals surface area contributed by atoms with E-state index in [0.29, 0.717) is 23.1 Å². The molecule has 0 atom stereocenters. The van der Waals surface area contributed by atoms with E-state index >= 15 is 0 Å². The van der Waals surface area contributed by atoms with Gasteiger partial charge in [-0.2, -0.15) is 0 Å². The average Bonchev–Trinajstić information content (AvgIpc) is 2.94. The van der Waals surface area contributed by atoms with Crippen LogP contribution in [-0.4, -0.2) is 29.9 Å². The summed E-state index contributed by atoms with van der Waals surface area (Å²) in [5.41, 5.74) is 5.35. The van der Waals surface area contributed by atoms with Gasteiger partial charge in [0, 0.05) is 24.3 Å². The molecule has 0 spiro atoms. The third-order valence-corrected chi connectivity index (χ3v) is 5.86. The van der Waals surface area contributed by atoms with E-state index in [1.807, 2.05) is 48.6 Å². The van der Waals surface area contributed by atoms with E-state index < -0.39 is 5.97 Å². The van der Waals surface area contributed by atoms with Crippen LogP contribution in [0.25, 0.3) is 6.08 Å². The number of fused-ring (bicyclic) bond motifs is 1. The molecular formula is C25H20Cl2N2O2. The Kier molecular flexibility index (Phi) is 6.40. The Balaban J connectivity index is 1.59. The third kappa shape index (κ3) is 4.98. The van der Waals surface area contributed by atoms with Gasteiger partial charge < -0.3 is 10.0 Å². The van der Waals surface area contributed by atoms with Crippen LogP contribution >= 0.6 is 23.2 Å². The highest BCUT2D eigenvalue weighted by Crippen LogP contribution is 2.27. The number of rotatable bonds is 5. The molecule has 4 rings (SSSR count). The molecule has 156 valence electrons. The predicted molar refractivity (Wildman–Crippen MR) is 128 cm³/mol. The van der Waals surface area contributed by atoms with E-state index in [1.165, 1.54) is 0 Å². The standard InChI is InChI=1S/C25H20Cl2N2O2/c26-21-11-7-17(15-22(21)27)8-12-23-20-3-1-2-4-24(20)29(14-13-28-23)16-18-5-9-19(10-6-18)25(30)31/h1-12,15H,13-14,16H2,(H,30,31)/b12-8+. The molecule has 0 amide bonds. The maximum absolute atomic E-state index is 11.1. The van der Waals surface area contributed by atoms with E-state index in [4.69, 9.17) is 33.3 Å². The lowest BCUT2D eigenvalue weighted by molar-refractivity contribution is 0.0697. The molecule has 6 heteroatoms. The van der Waals surface area contributed by atoms with Gasteiger partial charge in [-0.25, -0.2) is 4.79 Å². The smallest absolute Gasteiger partial charge is 0.335 e. The molecule has 1 heterocycles. The average molecular weight is 451 g/mol. The topological polar surface area (TPSA) is 52.9 Å². The monoisotopic (exact) mass is 450 g/mol. The number of aliphatic imine (C=N–C) groups is 1. The molecule has 0 bridgehead atoms. The van der Waals surface area contributed by atoms with Crippen molar-refractivity contribution in [3.63, 3.8) is 0 Å². The first-order valence-electron chi connectivity index (χ1n) is 9.85. The Labute approximate surface area is 191 Å². The van der Waals surface area contributed by atoms with Crippen molar-refractivity contribution in [1.29, 1.82) is 0 Å². The number of nitrogens with zero attached hydrogens (tertiary/aromatic N) is 2. The summed E-state index contributed by atoms with van der Waals surface area (Å²) in [4.78, 5) is 18.2. The summed E-state index contributed by atoms with van der Waals surface area (Å²) in [6, 6.07) is 20.7. The van der Waals surface area contributed by atoms with Crippen LogP contribution < -0.4 is 4.90 Å². The zero-order valence-electron chi connectivity index (χ0n) is 16.6. The maximum Gasteiger partial charge on any atom is 0.335 e. The van der Waals surface area contributed by atoms with E-state index in [9.17, 15) is 4.79 Å². The molecule has 1 N–H and O–H groups in total. The number of allylic oxidation sites excluding steroid dienone is 1. The Morgan fingerprint density at radius 3 is 2.52 bits per heavy atom. The van der Waals surface area contributed by atoms with Gasteiger partial charge in [-0.3, -0.25) is 4.99 Å². The zero-order chi connectivity index (χ0) is 21.8. The van der Waals surface area contributed by atoms with E-state index in [0.717, 1.165) is 34.6 Å². The predicted octanol–water partition coefficient (Wildman–Crippen LogP) is 6.21. The summed E-state index contributed by atoms with van der Waals surface area (Å²) in [6.07, 6.45) is 3.99. The summed E-state index contributed by atoms with van der Waals surface area (Å²) in [7, 11) is 0. The van der Waals surface area contributed by atoms with Crippen LogP contribution in [0.4, 0.5) is 5.69 Å². The van der Waals surface area contributed by atoms with Crippen LogP contribution in [0.15, 0.2) is 77.8 Å². The number of para-hydroxylation sites is 1. The van der Waals surface area contributed by atoms with Crippen molar-refractivity contribution < 1.29 is 9.90 Å². The molecule has 1 aliphatic heterocycles. The molecule has 3 aromatic carbocycles. The molecule has 1 aliphatic rings. The highest BCUT2D eigenvalue weighted by Gasteiger charge is 2.17. The van der Waals surface area contributed by atoms with Crippen molar-refractivity contribution in [1.82, 2.24) is 0 Å². The lowest BCUT2D eigenvalue weighted by Gasteiger charge is -2.25. The number of hydrogen-bond acceptors (Lipinski definition) is 3.